The lowest BCUT2D eigenvalue weighted by atomic mass is 9.96. The molecule has 1 aromatic carbocycles. The highest BCUT2D eigenvalue weighted by Gasteiger charge is 2.09. The van der Waals surface area contributed by atoms with Gasteiger partial charge in [-0.15, -0.1) is 0 Å². The van der Waals surface area contributed by atoms with Crippen molar-refractivity contribution in [2.45, 2.75) is 39.2 Å². The first-order valence-electron chi connectivity index (χ1n) is 5.49. The fourth-order valence-corrected chi connectivity index (χ4v) is 1.84. The third-order valence-electron chi connectivity index (χ3n) is 2.78. The molecule has 0 aliphatic carbocycles. The highest BCUT2D eigenvalue weighted by atomic mass is 16.3. The molecule has 1 aromatic rings. The molecule has 1 rings (SSSR count). The molecule has 0 fully saturated rings. The SMILES string of the molecule is Cc1cccc(C)c1CC(O)CCCO. The van der Waals surface area contributed by atoms with Crippen LogP contribution in [0.1, 0.15) is 29.5 Å². The maximum absolute atomic E-state index is 9.77. The van der Waals surface area contributed by atoms with E-state index in [1.807, 2.05) is 6.07 Å². The van der Waals surface area contributed by atoms with Gasteiger partial charge in [0, 0.05) is 6.61 Å². The molecule has 0 spiro atoms. The molecule has 1 unspecified atom stereocenters. The van der Waals surface area contributed by atoms with Crippen molar-refractivity contribution in [2.75, 3.05) is 6.61 Å². The van der Waals surface area contributed by atoms with E-state index >= 15 is 0 Å². The molecule has 0 bridgehead atoms. The number of hydrogen-bond acceptors (Lipinski definition) is 2. The molecule has 2 heteroatoms. The van der Waals surface area contributed by atoms with Gasteiger partial charge in [-0.25, -0.2) is 0 Å². The Hall–Kier alpha value is -0.860. The molecule has 0 amide bonds. The molecule has 15 heavy (non-hydrogen) atoms. The molecule has 0 aliphatic heterocycles. The minimum atomic E-state index is -0.336. The first-order valence-corrected chi connectivity index (χ1v) is 5.49. The fraction of sp³-hybridized carbons (Fsp3) is 0.538. The average Bonchev–Trinajstić information content (AvgIpc) is 2.21. The Morgan fingerprint density at radius 1 is 1.20 bits per heavy atom. The van der Waals surface area contributed by atoms with E-state index in [0.29, 0.717) is 19.3 Å². The van der Waals surface area contributed by atoms with E-state index in [1.165, 1.54) is 16.7 Å². The molecule has 0 aliphatic rings. The van der Waals surface area contributed by atoms with Crippen LogP contribution in [-0.4, -0.2) is 22.9 Å². The summed E-state index contributed by atoms with van der Waals surface area (Å²) >= 11 is 0. The van der Waals surface area contributed by atoms with Gasteiger partial charge in [0.05, 0.1) is 6.10 Å². The Morgan fingerprint density at radius 2 is 1.80 bits per heavy atom. The molecule has 2 N–H and O–H groups in total. The maximum atomic E-state index is 9.77. The Labute approximate surface area is 91.6 Å². The van der Waals surface area contributed by atoms with Gasteiger partial charge in [-0.2, -0.15) is 0 Å². The predicted molar refractivity (Wildman–Crippen MR) is 61.9 cm³/mol. The predicted octanol–water partition coefficient (Wildman–Crippen LogP) is 1.98. The summed E-state index contributed by atoms with van der Waals surface area (Å²) in [4.78, 5) is 0. The van der Waals surface area contributed by atoms with Crippen molar-refractivity contribution >= 4 is 0 Å². The summed E-state index contributed by atoms with van der Waals surface area (Å²) in [7, 11) is 0. The largest absolute Gasteiger partial charge is 0.396 e. The van der Waals surface area contributed by atoms with Crippen LogP contribution in [0, 0.1) is 13.8 Å². The van der Waals surface area contributed by atoms with E-state index in [0.717, 1.165) is 0 Å². The minimum Gasteiger partial charge on any atom is -0.396 e. The number of rotatable bonds is 5. The summed E-state index contributed by atoms with van der Waals surface area (Å²) in [5, 5.41) is 18.5. The Balaban J connectivity index is 2.63. The molecule has 84 valence electrons. The second-order valence-corrected chi connectivity index (χ2v) is 4.09. The molecule has 0 saturated heterocycles. The van der Waals surface area contributed by atoms with Crippen molar-refractivity contribution in [1.82, 2.24) is 0 Å². The molecule has 0 aromatic heterocycles. The summed E-state index contributed by atoms with van der Waals surface area (Å²) in [6, 6.07) is 6.18. The first kappa shape index (κ1) is 12.2. The normalized spacial score (nSPS) is 12.8. The van der Waals surface area contributed by atoms with E-state index in [2.05, 4.69) is 26.0 Å². The molecule has 0 saturated carbocycles. The third kappa shape index (κ3) is 3.65. The van der Waals surface area contributed by atoms with Crippen molar-refractivity contribution in [3.63, 3.8) is 0 Å². The van der Waals surface area contributed by atoms with Gasteiger partial charge in [-0.1, -0.05) is 18.2 Å². The zero-order chi connectivity index (χ0) is 11.3. The minimum absolute atomic E-state index is 0.157. The summed E-state index contributed by atoms with van der Waals surface area (Å²) in [6.45, 7) is 4.30. The lowest BCUT2D eigenvalue weighted by molar-refractivity contribution is 0.149. The Kier molecular flexibility index (Phi) is 4.79. The molecule has 0 radical (unpaired) electrons. The zero-order valence-corrected chi connectivity index (χ0v) is 9.53. The highest BCUT2D eigenvalue weighted by molar-refractivity contribution is 5.33. The summed E-state index contributed by atoms with van der Waals surface area (Å²) in [5.41, 5.74) is 3.71. The second kappa shape index (κ2) is 5.89. The monoisotopic (exact) mass is 208 g/mol. The van der Waals surface area contributed by atoms with Crippen LogP contribution in [0.3, 0.4) is 0 Å². The Morgan fingerprint density at radius 3 is 2.33 bits per heavy atom. The standard InChI is InChI=1S/C13H20O2/c1-10-5-3-6-11(2)13(10)9-12(15)7-4-8-14/h3,5-6,12,14-15H,4,7-9H2,1-2H3. The fourth-order valence-electron chi connectivity index (χ4n) is 1.84. The van der Waals surface area contributed by atoms with Crippen molar-refractivity contribution < 1.29 is 10.2 Å². The summed E-state index contributed by atoms with van der Waals surface area (Å²) < 4.78 is 0. The molecule has 1 atom stereocenters. The molecule has 2 nitrogen and oxygen atoms in total. The molecule has 0 heterocycles. The molecular weight excluding hydrogens is 188 g/mol. The third-order valence-corrected chi connectivity index (χ3v) is 2.78. The van der Waals surface area contributed by atoms with Crippen LogP contribution in [-0.2, 0) is 6.42 Å². The van der Waals surface area contributed by atoms with Crippen LogP contribution in [0.4, 0.5) is 0 Å². The van der Waals surface area contributed by atoms with E-state index in [-0.39, 0.29) is 12.7 Å². The smallest absolute Gasteiger partial charge is 0.0581 e. The van der Waals surface area contributed by atoms with Crippen LogP contribution in [0.2, 0.25) is 0 Å². The number of hydrogen-bond donors (Lipinski definition) is 2. The van der Waals surface area contributed by atoms with Gasteiger partial charge in [0.25, 0.3) is 0 Å². The van der Waals surface area contributed by atoms with Crippen LogP contribution in [0.25, 0.3) is 0 Å². The summed E-state index contributed by atoms with van der Waals surface area (Å²) in [5.74, 6) is 0. The van der Waals surface area contributed by atoms with Crippen molar-refractivity contribution in [3.8, 4) is 0 Å². The van der Waals surface area contributed by atoms with Gasteiger partial charge in [0.1, 0.15) is 0 Å². The Bertz CT molecular complexity index is 287. The first-order chi connectivity index (χ1) is 7.15. The maximum Gasteiger partial charge on any atom is 0.0581 e. The molecular formula is C13H20O2. The van der Waals surface area contributed by atoms with Crippen molar-refractivity contribution in [3.05, 3.63) is 34.9 Å². The van der Waals surface area contributed by atoms with Gasteiger partial charge in [0.2, 0.25) is 0 Å². The van der Waals surface area contributed by atoms with Crippen LogP contribution >= 0.6 is 0 Å². The van der Waals surface area contributed by atoms with Gasteiger partial charge >= 0.3 is 0 Å². The highest BCUT2D eigenvalue weighted by Crippen LogP contribution is 2.16. The average molecular weight is 208 g/mol. The van der Waals surface area contributed by atoms with Gasteiger partial charge < -0.3 is 10.2 Å². The van der Waals surface area contributed by atoms with E-state index in [4.69, 9.17) is 5.11 Å². The summed E-state index contributed by atoms with van der Waals surface area (Å²) in [6.07, 6.45) is 1.70. The quantitative estimate of drug-likeness (QED) is 0.776. The van der Waals surface area contributed by atoms with E-state index in [1.54, 1.807) is 0 Å². The number of aliphatic hydroxyl groups is 2. The number of benzene rings is 1. The van der Waals surface area contributed by atoms with Crippen LogP contribution in [0.5, 0.6) is 0 Å². The van der Waals surface area contributed by atoms with E-state index in [9.17, 15) is 5.11 Å². The van der Waals surface area contributed by atoms with Crippen molar-refractivity contribution in [1.29, 1.82) is 0 Å². The number of aliphatic hydroxyl groups excluding tert-OH is 2. The number of aryl methyl sites for hydroxylation is 2. The topological polar surface area (TPSA) is 40.5 Å². The van der Waals surface area contributed by atoms with Crippen molar-refractivity contribution in [2.24, 2.45) is 0 Å². The second-order valence-electron chi connectivity index (χ2n) is 4.09. The van der Waals surface area contributed by atoms with Gasteiger partial charge in [-0.05, 0) is 49.8 Å². The van der Waals surface area contributed by atoms with Gasteiger partial charge in [-0.3, -0.25) is 0 Å². The lowest BCUT2D eigenvalue weighted by Gasteiger charge is -2.14. The zero-order valence-electron chi connectivity index (χ0n) is 9.53. The van der Waals surface area contributed by atoms with Crippen LogP contribution < -0.4 is 0 Å². The lowest BCUT2D eigenvalue weighted by Crippen LogP contribution is -2.12. The van der Waals surface area contributed by atoms with Crippen LogP contribution in [0.15, 0.2) is 18.2 Å². The van der Waals surface area contributed by atoms with Gasteiger partial charge in [0.15, 0.2) is 0 Å². The van der Waals surface area contributed by atoms with E-state index < -0.39 is 0 Å².